The minimum atomic E-state index is -0.534. The van der Waals surface area contributed by atoms with E-state index >= 15 is 0 Å². The lowest BCUT2D eigenvalue weighted by Gasteiger charge is -2.34. The van der Waals surface area contributed by atoms with Crippen molar-refractivity contribution >= 4 is 10.9 Å². The van der Waals surface area contributed by atoms with Crippen LogP contribution in [0.5, 0.6) is 0 Å². The van der Waals surface area contributed by atoms with E-state index in [0.717, 1.165) is 66.9 Å². The molecule has 0 atom stereocenters. The quantitative estimate of drug-likeness (QED) is 0.153. The first-order valence-electron chi connectivity index (χ1n) is 22.2. The molecule has 0 bridgehead atoms. The third kappa shape index (κ3) is 6.65. The number of hydrogen-bond acceptors (Lipinski definition) is 3. The first kappa shape index (κ1) is 38.2. The van der Waals surface area contributed by atoms with Crippen molar-refractivity contribution in [2.75, 3.05) is 0 Å². The summed E-state index contributed by atoms with van der Waals surface area (Å²) in [5.41, 5.74) is 19.1. The van der Waals surface area contributed by atoms with Gasteiger partial charge in [-0.2, -0.15) is 0 Å². The van der Waals surface area contributed by atoms with Crippen molar-refractivity contribution in [1.29, 1.82) is 0 Å². The molecule has 2 aromatic heterocycles. The number of aromatic nitrogens is 3. The summed E-state index contributed by atoms with van der Waals surface area (Å²) >= 11 is 0. The Bertz CT molecular complexity index is 3460. The van der Waals surface area contributed by atoms with Crippen LogP contribution in [0.3, 0.4) is 0 Å². The fourth-order valence-corrected chi connectivity index (χ4v) is 9.93. The fourth-order valence-electron chi connectivity index (χ4n) is 9.93. The van der Waals surface area contributed by atoms with E-state index in [-0.39, 0.29) is 0 Å². The molecule has 0 saturated carbocycles. The molecule has 12 rings (SSSR count). The van der Waals surface area contributed by atoms with Gasteiger partial charge in [0.05, 0.1) is 28.0 Å². The number of pyridine rings is 1. The molecule has 304 valence electrons. The largest absolute Gasteiger partial charge is 0.248 e. The molecule has 9 aromatic carbocycles. The molecule has 0 fully saturated rings. The van der Waals surface area contributed by atoms with Gasteiger partial charge < -0.3 is 0 Å². The summed E-state index contributed by atoms with van der Waals surface area (Å²) in [6.07, 6.45) is 0. The van der Waals surface area contributed by atoms with Gasteiger partial charge in [-0.15, -0.1) is 0 Å². The molecular formula is C62H41N3. The first-order chi connectivity index (χ1) is 32.2. The molecule has 3 nitrogen and oxygen atoms in total. The van der Waals surface area contributed by atoms with E-state index in [4.69, 9.17) is 15.0 Å². The number of benzene rings is 9. The lowest BCUT2D eigenvalue weighted by Crippen LogP contribution is -2.28. The molecule has 0 amide bonds. The highest BCUT2D eigenvalue weighted by Gasteiger charge is 2.46. The molecule has 3 heteroatoms. The predicted octanol–water partition coefficient (Wildman–Crippen LogP) is 15.4. The van der Waals surface area contributed by atoms with E-state index < -0.39 is 5.41 Å². The van der Waals surface area contributed by atoms with Crippen molar-refractivity contribution in [1.82, 2.24) is 15.0 Å². The maximum Gasteiger partial charge on any atom is 0.160 e. The summed E-state index contributed by atoms with van der Waals surface area (Å²) < 4.78 is 0. The van der Waals surface area contributed by atoms with Crippen LogP contribution in [0.1, 0.15) is 22.3 Å². The van der Waals surface area contributed by atoms with Gasteiger partial charge in [0.25, 0.3) is 0 Å². The molecule has 0 N–H and O–H groups in total. The van der Waals surface area contributed by atoms with Crippen LogP contribution in [-0.4, -0.2) is 15.0 Å². The van der Waals surface area contributed by atoms with Crippen molar-refractivity contribution in [3.05, 3.63) is 271 Å². The minimum Gasteiger partial charge on any atom is -0.248 e. The highest BCUT2D eigenvalue weighted by molar-refractivity contribution is 6.02. The van der Waals surface area contributed by atoms with E-state index in [9.17, 15) is 0 Å². The summed E-state index contributed by atoms with van der Waals surface area (Å²) in [4.78, 5) is 16.1. The Kier molecular flexibility index (Phi) is 9.39. The number of nitrogens with zero attached hydrogens (tertiary/aromatic N) is 3. The van der Waals surface area contributed by atoms with Gasteiger partial charge in [0.1, 0.15) is 0 Å². The average molecular weight is 828 g/mol. The van der Waals surface area contributed by atoms with E-state index in [1.165, 1.54) is 38.9 Å². The van der Waals surface area contributed by atoms with Gasteiger partial charge in [-0.05, 0) is 86.0 Å². The molecular weight excluding hydrogens is 787 g/mol. The Morgan fingerprint density at radius 2 is 0.738 bits per heavy atom. The maximum atomic E-state index is 5.58. The van der Waals surface area contributed by atoms with Crippen molar-refractivity contribution in [3.63, 3.8) is 0 Å². The van der Waals surface area contributed by atoms with Crippen LogP contribution < -0.4 is 0 Å². The maximum absolute atomic E-state index is 5.58. The van der Waals surface area contributed by atoms with E-state index in [2.05, 4.69) is 237 Å². The second kappa shape index (κ2) is 16.0. The highest BCUT2D eigenvalue weighted by Crippen LogP contribution is 2.57. The van der Waals surface area contributed by atoms with Gasteiger partial charge in [-0.1, -0.05) is 218 Å². The average Bonchev–Trinajstić information content (AvgIpc) is 3.68. The highest BCUT2D eigenvalue weighted by atomic mass is 14.9. The van der Waals surface area contributed by atoms with Crippen molar-refractivity contribution < 1.29 is 0 Å². The van der Waals surface area contributed by atoms with Crippen LogP contribution >= 0.6 is 0 Å². The normalized spacial score (nSPS) is 12.4. The molecule has 1 aliphatic rings. The lowest BCUT2D eigenvalue weighted by molar-refractivity contribution is 0.769. The zero-order chi connectivity index (χ0) is 43.2. The molecule has 11 aromatic rings. The molecule has 2 heterocycles. The third-order valence-corrected chi connectivity index (χ3v) is 13.0. The Morgan fingerprint density at radius 1 is 0.262 bits per heavy atom. The topological polar surface area (TPSA) is 38.7 Å². The van der Waals surface area contributed by atoms with Crippen LogP contribution in [0, 0.1) is 0 Å². The van der Waals surface area contributed by atoms with Crippen molar-refractivity contribution in [3.8, 4) is 78.5 Å². The number of hydrogen-bond donors (Lipinski definition) is 0. The first-order valence-corrected chi connectivity index (χ1v) is 22.2. The van der Waals surface area contributed by atoms with E-state index in [1.54, 1.807) is 0 Å². The van der Waals surface area contributed by atoms with Crippen LogP contribution in [0.2, 0.25) is 0 Å². The summed E-state index contributed by atoms with van der Waals surface area (Å²) in [5, 5.41) is 1.11. The number of rotatable bonds is 8. The summed E-state index contributed by atoms with van der Waals surface area (Å²) in [7, 11) is 0. The van der Waals surface area contributed by atoms with Crippen LogP contribution in [0.25, 0.3) is 89.4 Å². The molecule has 0 unspecified atom stereocenters. The molecule has 0 radical (unpaired) electrons. The smallest absolute Gasteiger partial charge is 0.160 e. The van der Waals surface area contributed by atoms with Gasteiger partial charge in [-0.25, -0.2) is 15.0 Å². The van der Waals surface area contributed by atoms with Crippen molar-refractivity contribution in [2.45, 2.75) is 5.41 Å². The Balaban J connectivity index is 1.04. The van der Waals surface area contributed by atoms with Gasteiger partial charge in [-0.3, -0.25) is 0 Å². The summed E-state index contributed by atoms with van der Waals surface area (Å²) in [6, 6.07) is 88.7. The zero-order valence-electron chi connectivity index (χ0n) is 35.5. The minimum absolute atomic E-state index is 0.534. The van der Waals surface area contributed by atoms with Crippen LogP contribution in [0.15, 0.2) is 249 Å². The number of fused-ring (bicyclic) bond motifs is 4. The molecule has 0 saturated heterocycles. The monoisotopic (exact) mass is 827 g/mol. The third-order valence-electron chi connectivity index (χ3n) is 13.0. The van der Waals surface area contributed by atoms with E-state index in [1.807, 2.05) is 12.1 Å². The summed E-state index contributed by atoms with van der Waals surface area (Å²) in [5.74, 6) is 0.658. The van der Waals surface area contributed by atoms with Gasteiger partial charge >= 0.3 is 0 Å². The lowest BCUT2D eigenvalue weighted by atomic mass is 9.67. The van der Waals surface area contributed by atoms with Crippen LogP contribution in [0.4, 0.5) is 0 Å². The predicted molar refractivity (Wildman–Crippen MR) is 267 cm³/mol. The van der Waals surface area contributed by atoms with Gasteiger partial charge in [0.2, 0.25) is 0 Å². The zero-order valence-corrected chi connectivity index (χ0v) is 35.5. The Labute approximate surface area is 379 Å². The Morgan fingerprint density at radius 3 is 1.38 bits per heavy atom. The van der Waals surface area contributed by atoms with Crippen molar-refractivity contribution in [2.24, 2.45) is 0 Å². The SMILES string of the molecule is c1ccc(-c2ccc(-c3cc(-c4ccccc4)nc(-c4cccc(-c5cc(-c6ccccc6)c6cc7c(cc6n5)C(c5ccccc5)(c5ccccc5)c5ccccc5-7)c4)n3)cc2)cc1. The standard InChI is InChI=1S/C62H41N3/c1-6-19-42(20-7-1)43-33-35-46(36-34-43)59-41-58(45-23-10-3-11-24-45)64-61(65-59)48-26-18-25-47(37-48)57-39-52(44-21-8-2-9-22-44)54-38-53-51-31-16-17-32-55(51)62(49-27-12-4-13-28-49,50-29-14-5-15-30-50)56(53)40-60(54)63-57/h1-41H. The summed E-state index contributed by atoms with van der Waals surface area (Å²) in [6.45, 7) is 0. The van der Waals surface area contributed by atoms with Gasteiger partial charge in [0, 0.05) is 27.6 Å². The second-order valence-corrected chi connectivity index (χ2v) is 16.7. The van der Waals surface area contributed by atoms with Crippen LogP contribution in [-0.2, 0) is 5.41 Å². The Hall–Kier alpha value is -8.53. The molecule has 0 spiro atoms. The molecule has 65 heavy (non-hydrogen) atoms. The molecule has 1 aliphatic carbocycles. The van der Waals surface area contributed by atoms with E-state index in [0.29, 0.717) is 5.82 Å². The van der Waals surface area contributed by atoms with Gasteiger partial charge in [0.15, 0.2) is 5.82 Å². The second-order valence-electron chi connectivity index (χ2n) is 16.7. The molecule has 0 aliphatic heterocycles. The fraction of sp³-hybridized carbons (Fsp3) is 0.0161.